The average molecular weight is 284 g/mol. The molecule has 2 unspecified atom stereocenters. The summed E-state index contributed by atoms with van der Waals surface area (Å²) in [6.07, 6.45) is 15.4. The molecular formula is C18H36O2. The molecule has 0 aromatic carbocycles. The van der Waals surface area contributed by atoms with Crippen LogP contribution in [-0.2, 0) is 4.79 Å². The molecule has 0 saturated carbocycles. The van der Waals surface area contributed by atoms with Crippen LogP contribution >= 0.6 is 0 Å². The van der Waals surface area contributed by atoms with Crippen LogP contribution in [0, 0.1) is 11.8 Å². The third kappa shape index (κ3) is 12.5. The van der Waals surface area contributed by atoms with Gasteiger partial charge in [0.25, 0.3) is 0 Å². The molecule has 20 heavy (non-hydrogen) atoms. The summed E-state index contributed by atoms with van der Waals surface area (Å²) in [6, 6.07) is 0. The molecule has 0 aliphatic heterocycles. The molecule has 0 spiro atoms. The lowest BCUT2D eigenvalue weighted by molar-refractivity contribution is -0.141. The number of aliphatic carboxylic acids is 1. The molecule has 1 N–H and O–H groups in total. The molecule has 0 heterocycles. The van der Waals surface area contributed by atoms with E-state index in [1.54, 1.807) is 0 Å². The molecule has 0 saturated heterocycles. The highest BCUT2D eigenvalue weighted by Crippen LogP contribution is 2.19. The van der Waals surface area contributed by atoms with Crippen molar-refractivity contribution in [3.8, 4) is 0 Å². The largest absolute Gasteiger partial charge is 0.481 e. The Bertz CT molecular complexity index is 225. The smallest absolute Gasteiger partial charge is 0.306 e. The zero-order valence-corrected chi connectivity index (χ0v) is 14.0. The highest BCUT2D eigenvalue weighted by molar-refractivity contribution is 5.69. The Balaban J connectivity index is 3.28. The first-order valence-corrected chi connectivity index (χ1v) is 8.80. The first-order valence-electron chi connectivity index (χ1n) is 8.80. The van der Waals surface area contributed by atoms with E-state index >= 15 is 0 Å². The molecule has 2 atom stereocenters. The molecule has 0 aliphatic rings. The van der Waals surface area contributed by atoms with Gasteiger partial charge < -0.3 is 5.11 Å². The average Bonchev–Trinajstić information content (AvgIpc) is 2.42. The van der Waals surface area contributed by atoms with Crippen molar-refractivity contribution in [3.63, 3.8) is 0 Å². The van der Waals surface area contributed by atoms with Gasteiger partial charge in [-0.25, -0.2) is 0 Å². The van der Waals surface area contributed by atoms with Crippen LogP contribution in [0.4, 0.5) is 0 Å². The summed E-state index contributed by atoms with van der Waals surface area (Å²) < 4.78 is 0. The number of carbonyl (C=O) groups is 1. The molecule has 0 radical (unpaired) electrons. The first kappa shape index (κ1) is 19.5. The number of unbranched alkanes of at least 4 members (excludes halogenated alkanes) is 7. The van der Waals surface area contributed by atoms with E-state index in [9.17, 15) is 4.79 Å². The van der Waals surface area contributed by atoms with E-state index in [2.05, 4.69) is 13.8 Å². The van der Waals surface area contributed by atoms with Gasteiger partial charge in [-0.15, -0.1) is 0 Å². The van der Waals surface area contributed by atoms with Gasteiger partial charge in [-0.1, -0.05) is 91.4 Å². The summed E-state index contributed by atoms with van der Waals surface area (Å²) in [6.45, 7) is 6.42. The van der Waals surface area contributed by atoms with Crippen LogP contribution in [0.1, 0.15) is 97.8 Å². The van der Waals surface area contributed by atoms with Gasteiger partial charge in [0.15, 0.2) is 0 Å². The highest BCUT2D eigenvalue weighted by atomic mass is 16.4. The molecule has 0 fully saturated rings. The zero-order valence-electron chi connectivity index (χ0n) is 14.0. The predicted octanol–water partition coefficient (Wildman–Crippen LogP) is 6.04. The number of carboxylic acid groups (broad SMARTS) is 1. The van der Waals surface area contributed by atoms with Gasteiger partial charge in [-0.05, 0) is 12.3 Å². The lowest BCUT2D eigenvalue weighted by Gasteiger charge is -2.11. The van der Waals surface area contributed by atoms with Crippen molar-refractivity contribution in [2.24, 2.45) is 11.8 Å². The fraction of sp³-hybridized carbons (Fsp3) is 0.944. The standard InChI is InChI=1S/C18H36O2/c1-4-5-6-7-8-9-10-13-16(2)14-11-12-15-17(3)18(19)20/h16-17H,4-15H2,1-3H3,(H,19,20). The molecule has 0 bridgehead atoms. The van der Waals surface area contributed by atoms with Gasteiger partial charge in [0.1, 0.15) is 0 Å². The second-order valence-electron chi connectivity index (χ2n) is 6.54. The summed E-state index contributed by atoms with van der Waals surface area (Å²) in [4.78, 5) is 10.7. The summed E-state index contributed by atoms with van der Waals surface area (Å²) in [7, 11) is 0. The maximum Gasteiger partial charge on any atom is 0.306 e. The number of rotatable bonds is 14. The summed E-state index contributed by atoms with van der Waals surface area (Å²) in [5.74, 6) is -0.0136. The van der Waals surface area contributed by atoms with Crippen LogP contribution in [0.15, 0.2) is 0 Å². The maximum absolute atomic E-state index is 10.7. The Morgan fingerprint density at radius 2 is 1.25 bits per heavy atom. The van der Waals surface area contributed by atoms with Crippen LogP contribution in [0.3, 0.4) is 0 Å². The topological polar surface area (TPSA) is 37.3 Å². The van der Waals surface area contributed by atoms with Crippen molar-refractivity contribution in [1.82, 2.24) is 0 Å². The van der Waals surface area contributed by atoms with Crippen LogP contribution in [0.25, 0.3) is 0 Å². The van der Waals surface area contributed by atoms with Gasteiger partial charge in [0, 0.05) is 0 Å². The van der Waals surface area contributed by atoms with E-state index in [0.717, 1.165) is 18.8 Å². The minimum Gasteiger partial charge on any atom is -0.481 e. The van der Waals surface area contributed by atoms with E-state index in [-0.39, 0.29) is 5.92 Å². The molecule has 0 amide bonds. The van der Waals surface area contributed by atoms with Gasteiger partial charge in [-0.3, -0.25) is 4.79 Å². The van der Waals surface area contributed by atoms with E-state index in [4.69, 9.17) is 5.11 Å². The Labute approximate surface area is 126 Å². The van der Waals surface area contributed by atoms with Crippen LogP contribution in [0.2, 0.25) is 0 Å². The monoisotopic (exact) mass is 284 g/mol. The molecule has 0 aromatic heterocycles. The Hall–Kier alpha value is -0.530. The van der Waals surface area contributed by atoms with E-state index in [0.29, 0.717) is 0 Å². The van der Waals surface area contributed by atoms with Crippen LogP contribution in [0.5, 0.6) is 0 Å². The lowest BCUT2D eigenvalue weighted by Crippen LogP contribution is -2.09. The molecule has 2 nitrogen and oxygen atoms in total. The van der Waals surface area contributed by atoms with Gasteiger partial charge in [-0.2, -0.15) is 0 Å². The normalized spacial score (nSPS) is 14.2. The van der Waals surface area contributed by atoms with Crippen molar-refractivity contribution < 1.29 is 9.90 Å². The van der Waals surface area contributed by atoms with E-state index in [1.165, 1.54) is 64.2 Å². The van der Waals surface area contributed by atoms with Crippen molar-refractivity contribution >= 4 is 5.97 Å². The van der Waals surface area contributed by atoms with Crippen molar-refractivity contribution in [1.29, 1.82) is 0 Å². The fourth-order valence-electron chi connectivity index (χ4n) is 2.66. The quantitative estimate of drug-likeness (QED) is 0.394. The van der Waals surface area contributed by atoms with Crippen LogP contribution < -0.4 is 0 Å². The van der Waals surface area contributed by atoms with Gasteiger partial charge in [0.2, 0.25) is 0 Å². The third-order valence-electron chi connectivity index (χ3n) is 4.31. The molecule has 0 aliphatic carbocycles. The van der Waals surface area contributed by atoms with Gasteiger partial charge in [0.05, 0.1) is 5.92 Å². The summed E-state index contributed by atoms with van der Waals surface area (Å²) >= 11 is 0. The van der Waals surface area contributed by atoms with Gasteiger partial charge >= 0.3 is 5.97 Å². The number of hydrogen-bond acceptors (Lipinski definition) is 1. The molecule has 0 rings (SSSR count). The Kier molecular flexibility index (Phi) is 13.1. The first-order chi connectivity index (χ1) is 9.57. The zero-order chi connectivity index (χ0) is 15.2. The van der Waals surface area contributed by atoms with Crippen molar-refractivity contribution in [2.75, 3.05) is 0 Å². The Morgan fingerprint density at radius 3 is 1.80 bits per heavy atom. The third-order valence-corrected chi connectivity index (χ3v) is 4.31. The van der Waals surface area contributed by atoms with E-state index in [1.807, 2.05) is 6.92 Å². The predicted molar refractivity (Wildman–Crippen MR) is 87.0 cm³/mol. The molecular weight excluding hydrogens is 248 g/mol. The second-order valence-corrected chi connectivity index (χ2v) is 6.54. The number of hydrogen-bond donors (Lipinski definition) is 1. The minimum atomic E-state index is -0.652. The second kappa shape index (κ2) is 13.5. The fourth-order valence-corrected chi connectivity index (χ4v) is 2.66. The lowest BCUT2D eigenvalue weighted by atomic mass is 9.95. The molecule has 0 aromatic rings. The minimum absolute atomic E-state index is 0.173. The van der Waals surface area contributed by atoms with E-state index < -0.39 is 5.97 Å². The summed E-state index contributed by atoms with van der Waals surface area (Å²) in [5, 5.41) is 8.81. The van der Waals surface area contributed by atoms with Crippen molar-refractivity contribution in [3.05, 3.63) is 0 Å². The molecule has 120 valence electrons. The maximum atomic E-state index is 10.7. The molecule has 2 heteroatoms. The SMILES string of the molecule is CCCCCCCCCC(C)CCCCC(C)C(=O)O. The van der Waals surface area contributed by atoms with Crippen LogP contribution in [-0.4, -0.2) is 11.1 Å². The highest BCUT2D eigenvalue weighted by Gasteiger charge is 2.10. The Morgan fingerprint density at radius 1 is 0.800 bits per heavy atom. The summed E-state index contributed by atoms with van der Waals surface area (Å²) in [5.41, 5.74) is 0. The number of carboxylic acids is 1. The van der Waals surface area contributed by atoms with Crippen molar-refractivity contribution in [2.45, 2.75) is 97.8 Å².